The van der Waals surface area contributed by atoms with E-state index in [1.807, 2.05) is 0 Å². The molecule has 6 nitrogen and oxygen atoms in total. The fourth-order valence-electron chi connectivity index (χ4n) is 1.35. The molecule has 2 rings (SSSR count). The minimum atomic E-state index is -3.84. The molecule has 0 bridgehead atoms. The molecule has 0 amide bonds. The van der Waals surface area contributed by atoms with Gasteiger partial charge < -0.3 is 5.11 Å². The fourth-order valence-corrected chi connectivity index (χ4v) is 3.55. The Morgan fingerprint density at radius 3 is 2.61 bits per heavy atom. The summed E-state index contributed by atoms with van der Waals surface area (Å²) >= 11 is 2.97. The summed E-state index contributed by atoms with van der Waals surface area (Å²) in [5.74, 6) is -1.21. The van der Waals surface area contributed by atoms with Crippen molar-refractivity contribution in [1.82, 2.24) is 8.96 Å². The number of hydrogen-bond acceptors (Lipinski definition) is 4. The molecule has 2 aromatic heterocycles. The maximum absolute atomic E-state index is 12.2. The highest BCUT2D eigenvalue weighted by Crippen LogP contribution is 2.23. The molecule has 0 radical (unpaired) electrons. The molecule has 8 heteroatoms. The van der Waals surface area contributed by atoms with Gasteiger partial charge in [-0.3, -0.25) is 4.98 Å². The van der Waals surface area contributed by atoms with Crippen LogP contribution in [0.1, 0.15) is 10.4 Å². The Morgan fingerprint density at radius 2 is 2.11 bits per heavy atom. The van der Waals surface area contributed by atoms with Gasteiger partial charge in [0.05, 0.1) is 5.56 Å². The molecule has 1 N–H and O–H groups in total. The monoisotopic (exact) mass is 330 g/mol. The van der Waals surface area contributed by atoms with Gasteiger partial charge in [0.25, 0.3) is 10.0 Å². The van der Waals surface area contributed by atoms with Gasteiger partial charge in [-0.1, -0.05) is 0 Å². The first kappa shape index (κ1) is 12.8. The van der Waals surface area contributed by atoms with Crippen molar-refractivity contribution in [3.05, 3.63) is 47.0 Å². The Labute approximate surface area is 111 Å². The molecule has 0 aliphatic rings. The number of pyridine rings is 1. The van der Waals surface area contributed by atoms with E-state index in [0.717, 1.165) is 3.97 Å². The molecular formula is C10H7BrN2O4S. The van der Waals surface area contributed by atoms with Crippen molar-refractivity contribution in [1.29, 1.82) is 0 Å². The summed E-state index contributed by atoms with van der Waals surface area (Å²) in [6.07, 6.45) is 3.82. The second-order valence-corrected chi connectivity index (χ2v) is 5.88. The largest absolute Gasteiger partial charge is 0.478 e. The van der Waals surface area contributed by atoms with Gasteiger partial charge in [0.2, 0.25) is 0 Å². The molecule has 0 aromatic carbocycles. The lowest BCUT2D eigenvalue weighted by atomic mass is 10.4. The van der Waals surface area contributed by atoms with Crippen LogP contribution in [-0.4, -0.2) is 28.5 Å². The van der Waals surface area contributed by atoms with Gasteiger partial charge in [-0.25, -0.2) is 17.2 Å². The number of carboxylic acids is 1. The van der Waals surface area contributed by atoms with E-state index in [9.17, 15) is 13.2 Å². The molecule has 0 aliphatic carbocycles. The molecule has 0 saturated carbocycles. The molecule has 0 saturated heterocycles. The van der Waals surface area contributed by atoms with E-state index in [4.69, 9.17) is 5.11 Å². The maximum Gasteiger partial charge on any atom is 0.338 e. The van der Waals surface area contributed by atoms with Crippen molar-refractivity contribution in [2.45, 2.75) is 4.90 Å². The number of carboxylic acid groups (broad SMARTS) is 1. The first-order valence-corrected chi connectivity index (χ1v) is 6.93. The van der Waals surface area contributed by atoms with Crippen molar-refractivity contribution in [3.8, 4) is 0 Å². The Morgan fingerprint density at radius 1 is 1.39 bits per heavy atom. The quantitative estimate of drug-likeness (QED) is 0.922. The number of rotatable bonds is 3. The van der Waals surface area contributed by atoms with Crippen LogP contribution in [0, 0.1) is 0 Å². The van der Waals surface area contributed by atoms with Crippen LogP contribution in [-0.2, 0) is 10.0 Å². The second kappa shape index (κ2) is 4.54. The minimum absolute atomic E-state index is 0.0155. The second-order valence-electron chi connectivity index (χ2n) is 3.31. The predicted molar refractivity (Wildman–Crippen MR) is 65.9 cm³/mol. The average Bonchev–Trinajstić information content (AvgIpc) is 2.73. The van der Waals surface area contributed by atoms with Gasteiger partial charge in [0.1, 0.15) is 9.50 Å². The highest BCUT2D eigenvalue weighted by Gasteiger charge is 2.23. The fraction of sp³-hybridized carbons (Fsp3) is 0. The third kappa shape index (κ3) is 2.04. The third-order valence-electron chi connectivity index (χ3n) is 2.21. The van der Waals surface area contributed by atoms with Gasteiger partial charge in [-0.05, 0) is 34.1 Å². The summed E-state index contributed by atoms with van der Waals surface area (Å²) in [5, 5.41) is 8.86. The lowest BCUT2D eigenvalue weighted by Gasteiger charge is -2.06. The van der Waals surface area contributed by atoms with Crippen molar-refractivity contribution in [2.24, 2.45) is 0 Å². The van der Waals surface area contributed by atoms with Crippen LogP contribution in [0.3, 0.4) is 0 Å². The number of aromatic carboxylic acids is 1. The van der Waals surface area contributed by atoms with E-state index in [-0.39, 0.29) is 15.1 Å². The van der Waals surface area contributed by atoms with E-state index in [2.05, 4.69) is 20.9 Å². The van der Waals surface area contributed by atoms with Crippen molar-refractivity contribution in [2.75, 3.05) is 0 Å². The van der Waals surface area contributed by atoms with Crippen LogP contribution in [0.25, 0.3) is 0 Å². The van der Waals surface area contributed by atoms with E-state index in [1.54, 1.807) is 0 Å². The topological polar surface area (TPSA) is 89.3 Å². The van der Waals surface area contributed by atoms with E-state index >= 15 is 0 Å². The van der Waals surface area contributed by atoms with Crippen LogP contribution in [0.2, 0.25) is 0 Å². The van der Waals surface area contributed by atoms with Crippen LogP contribution >= 0.6 is 15.9 Å². The third-order valence-corrected chi connectivity index (χ3v) is 4.92. The minimum Gasteiger partial charge on any atom is -0.478 e. The molecule has 2 aromatic rings. The summed E-state index contributed by atoms with van der Waals surface area (Å²) in [5.41, 5.74) is -0.123. The van der Waals surface area contributed by atoms with Gasteiger partial charge in [-0.2, -0.15) is 0 Å². The summed E-state index contributed by atoms with van der Waals surface area (Å²) in [7, 11) is -3.84. The summed E-state index contributed by atoms with van der Waals surface area (Å²) in [6.45, 7) is 0. The lowest BCUT2D eigenvalue weighted by molar-refractivity contribution is 0.0696. The first-order valence-electron chi connectivity index (χ1n) is 4.70. The lowest BCUT2D eigenvalue weighted by Crippen LogP contribution is -2.13. The SMILES string of the molecule is O=C(O)c1ccn(S(=O)(=O)c2cccnc2)c1Br. The van der Waals surface area contributed by atoms with E-state index < -0.39 is 16.0 Å². The molecule has 0 spiro atoms. The molecular weight excluding hydrogens is 324 g/mol. The Kier molecular flexibility index (Phi) is 3.22. The normalized spacial score (nSPS) is 11.4. The highest BCUT2D eigenvalue weighted by molar-refractivity contribution is 9.10. The van der Waals surface area contributed by atoms with Crippen molar-refractivity contribution < 1.29 is 18.3 Å². The smallest absolute Gasteiger partial charge is 0.338 e. The zero-order valence-electron chi connectivity index (χ0n) is 8.82. The van der Waals surface area contributed by atoms with Crippen LogP contribution < -0.4 is 0 Å². The summed E-state index contributed by atoms with van der Waals surface area (Å²) in [4.78, 5) is 14.6. The molecule has 0 unspecified atom stereocenters. The number of halogens is 1. The van der Waals surface area contributed by atoms with Crippen LogP contribution in [0.15, 0.2) is 46.3 Å². The zero-order chi connectivity index (χ0) is 13.3. The van der Waals surface area contributed by atoms with Gasteiger partial charge >= 0.3 is 5.97 Å². The Hall–Kier alpha value is -1.67. The van der Waals surface area contributed by atoms with Crippen LogP contribution in [0.4, 0.5) is 0 Å². The molecule has 18 heavy (non-hydrogen) atoms. The number of aromatic nitrogens is 2. The van der Waals surface area contributed by atoms with Crippen molar-refractivity contribution in [3.63, 3.8) is 0 Å². The molecule has 0 aliphatic heterocycles. The van der Waals surface area contributed by atoms with E-state index in [0.29, 0.717) is 0 Å². The molecule has 0 atom stereocenters. The Bertz CT molecular complexity index is 694. The average molecular weight is 331 g/mol. The Balaban J connectivity index is 2.60. The van der Waals surface area contributed by atoms with Gasteiger partial charge in [-0.15, -0.1) is 0 Å². The first-order chi connectivity index (χ1) is 8.44. The zero-order valence-corrected chi connectivity index (χ0v) is 11.2. The molecule has 0 fully saturated rings. The molecule has 94 valence electrons. The van der Waals surface area contributed by atoms with Gasteiger partial charge in [0.15, 0.2) is 0 Å². The number of nitrogens with zero attached hydrogens (tertiary/aromatic N) is 2. The van der Waals surface area contributed by atoms with E-state index in [1.165, 1.54) is 36.8 Å². The highest BCUT2D eigenvalue weighted by atomic mass is 79.9. The summed E-state index contributed by atoms with van der Waals surface area (Å²) in [6, 6.07) is 4.08. The van der Waals surface area contributed by atoms with Crippen molar-refractivity contribution >= 4 is 31.9 Å². The maximum atomic E-state index is 12.2. The number of hydrogen-bond donors (Lipinski definition) is 1. The van der Waals surface area contributed by atoms with Gasteiger partial charge in [0, 0.05) is 18.6 Å². The standard InChI is InChI=1S/C10H7BrN2O4S/c11-9-8(10(14)15)3-5-13(9)18(16,17)7-2-1-4-12-6-7/h1-6H,(H,14,15). The summed E-state index contributed by atoms with van der Waals surface area (Å²) < 4.78 is 25.2. The molecule has 2 heterocycles. The van der Waals surface area contributed by atoms with Crippen LogP contribution in [0.5, 0.6) is 0 Å². The predicted octanol–water partition coefficient (Wildman–Crippen LogP) is 1.58. The number of carbonyl (C=O) groups is 1.